The molecule has 2 amide bonds. The van der Waals surface area contributed by atoms with Crippen molar-refractivity contribution >= 4 is 40.9 Å². The summed E-state index contributed by atoms with van der Waals surface area (Å²) in [6.07, 6.45) is 1.66. The number of carbonyl (C=O) groups is 2. The molecule has 0 aromatic heterocycles. The summed E-state index contributed by atoms with van der Waals surface area (Å²) in [5.41, 5.74) is 3.65. The number of carbonyl (C=O) groups excluding carboxylic acids is 2. The number of hydrogen-bond donors (Lipinski definition) is 0. The lowest BCUT2D eigenvalue weighted by molar-refractivity contribution is -0.117. The van der Waals surface area contributed by atoms with Gasteiger partial charge in [-0.2, -0.15) is 0 Å². The zero-order chi connectivity index (χ0) is 28.3. The molecular formula is C33H27ClFN3O3. The molecule has 8 heteroatoms. The fraction of sp³-hybridized carbons (Fsp3) is 0.152. The molecule has 0 atom stereocenters. The van der Waals surface area contributed by atoms with Crippen LogP contribution in [-0.2, 0) is 11.3 Å². The number of rotatable bonds is 5. The summed E-state index contributed by atoms with van der Waals surface area (Å²) in [6.45, 7) is 2.87. The van der Waals surface area contributed by atoms with E-state index in [1.54, 1.807) is 59.5 Å². The van der Waals surface area contributed by atoms with Gasteiger partial charge in [0.1, 0.15) is 5.82 Å². The van der Waals surface area contributed by atoms with Crippen molar-refractivity contribution in [3.05, 3.63) is 130 Å². The maximum atomic E-state index is 13.8. The molecule has 0 N–H and O–H groups in total. The van der Waals surface area contributed by atoms with E-state index >= 15 is 0 Å². The Bertz CT molecular complexity index is 1630. The molecule has 206 valence electrons. The summed E-state index contributed by atoms with van der Waals surface area (Å²) in [6, 6.07) is 28.3. The molecule has 6 nitrogen and oxygen atoms in total. The molecular weight excluding hydrogens is 541 g/mol. The van der Waals surface area contributed by atoms with Crippen LogP contribution in [0.5, 0.6) is 5.75 Å². The first kappa shape index (κ1) is 26.6. The van der Waals surface area contributed by atoms with Gasteiger partial charge in [0.2, 0.25) is 0 Å². The van der Waals surface area contributed by atoms with E-state index < -0.39 is 0 Å². The van der Waals surface area contributed by atoms with Crippen LogP contribution < -0.4 is 14.5 Å². The number of piperazine rings is 1. The zero-order valence-corrected chi connectivity index (χ0v) is 22.9. The van der Waals surface area contributed by atoms with Crippen molar-refractivity contribution in [3.63, 3.8) is 0 Å². The number of nitrogens with zero attached hydrogens (tertiary/aromatic N) is 3. The second-order valence-corrected chi connectivity index (χ2v) is 10.4. The highest BCUT2D eigenvalue weighted by Crippen LogP contribution is 2.36. The predicted molar refractivity (Wildman–Crippen MR) is 159 cm³/mol. The van der Waals surface area contributed by atoms with E-state index in [2.05, 4.69) is 4.90 Å². The Morgan fingerprint density at radius 1 is 0.878 bits per heavy atom. The van der Waals surface area contributed by atoms with Crippen LogP contribution in [0.15, 0.2) is 103 Å². The van der Waals surface area contributed by atoms with Crippen molar-refractivity contribution in [3.8, 4) is 5.75 Å². The number of fused-ring (bicyclic) bond motifs is 1. The van der Waals surface area contributed by atoms with Crippen LogP contribution in [0.1, 0.15) is 21.5 Å². The molecule has 4 aromatic rings. The van der Waals surface area contributed by atoms with Gasteiger partial charge in [-0.25, -0.2) is 4.39 Å². The first-order valence-electron chi connectivity index (χ1n) is 13.4. The fourth-order valence-electron chi connectivity index (χ4n) is 5.13. The molecule has 0 unspecified atom stereocenters. The number of anilines is 2. The molecule has 1 saturated heterocycles. The SMILES string of the molecule is O=C(c1ccc(/C=C2\Oc3ccccc3N(Cc3cccc(F)c3)C2=O)cc1)N1CCN(c2cccc(Cl)c2)CC1. The van der Waals surface area contributed by atoms with Gasteiger partial charge < -0.3 is 14.5 Å². The molecule has 0 spiro atoms. The molecule has 2 aliphatic heterocycles. The van der Waals surface area contributed by atoms with Gasteiger partial charge in [0, 0.05) is 42.5 Å². The topological polar surface area (TPSA) is 53.1 Å². The van der Waals surface area contributed by atoms with Crippen LogP contribution in [0.4, 0.5) is 15.8 Å². The van der Waals surface area contributed by atoms with Crippen LogP contribution >= 0.6 is 11.6 Å². The Labute approximate surface area is 242 Å². The summed E-state index contributed by atoms with van der Waals surface area (Å²) in [4.78, 5) is 32.3. The van der Waals surface area contributed by atoms with E-state index in [0.717, 1.165) is 24.3 Å². The van der Waals surface area contributed by atoms with Gasteiger partial charge in [-0.15, -0.1) is 0 Å². The van der Waals surface area contributed by atoms with Gasteiger partial charge in [0.15, 0.2) is 11.5 Å². The first-order chi connectivity index (χ1) is 19.9. The van der Waals surface area contributed by atoms with Gasteiger partial charge in [-0.05, 0) is 71.8 Å². The smallest absolute Gasteiger partial charge is 0.294 e. The third-order valence-corrected chi connectivity index (χ3v) is 7.49. The molecule has 2 aliphatic rings. The Hall–Kier alpha value is -4.62. The molecule has 41 heavy (non-hydrogen) atoms. The zero-order valence-electron chi connectivity index (χ0n) is 22.2. The Kier molecular flexibility index (Phi) is 7.44. The highest BCUT2D eigenvalue weighted by Gasteiger charge is 2.30. The summed E-state index contributed by atoms with van der Waals surface area (Å²) in [5, 5.41) is 0.694. The second-order valence-electron chi connectivity index (χ2n) is 9.98. The Morgan fingerprint density at radius 3 is 2.39 bits per heavy atom. The maximum absolute atomic E-state index is 13.8. The van der Waals surface area contributed by atoms with Gasteiger partial charge in [-0.1, -0.05) is 54.1 Å². The fourth-order valence-corrected chi connectivity index (χ4v) is 5.32. The highest BCUT2D eigenvalue weighted by atomic mass is 35.5. The molecule has 1 fully saturated rings. The molecule has 0 radical (unpaired) electrons. The van der Waals surface area contributed by atoms with Crippen LogP contribution in [0.3, 0.4) is 0 Å². The van der Waals surface area contributed by atoms with E-state index in [-0.39, 0.29) is 29.9 Å². The average Bonchev–Trinajstić information content (AvgIpc) is 2.99. The summed E-state index contributed by atoms with van der Waals surface area (Å²) in [7, 11) is 0. The average molecular weight is 568 g/mol. The van der Waals surface area contributed by atoms with Crippen LogP contribution in [0, 0.1) is 5.82 Å². The quantitative estimate of drug-likeness (QED) is 0.262. The number of halogens is 2. The second kappa shape index (κ2) is 11.5. The van der Waals surface area contributed by atoms with Gasteiger partial charge >= 0.3 is 0 Å². The molecule has 0 saturated carbocycles. The van der Waals surface area contributed by atoms with Crippen LogP contribution in [-0.4, -0.2) is 42.9 Å². The minimum Gasteiger partial charge on any atom is -0.449 e. The normalized spacial score (nSPS) is 16.0. The van der Waals surface area contributed by atoms with E-state index in [4.69, 9.17) is 16.3 Å². The largest absolute Gasteiger partial charge is 0.449 e. The van der Waals surface area contributed by atoms with Crippen LogP contribution in [0.2, 0.25) is 5.02 Å². The molecule has 0 aliphatic carbocycles. The third-order valence-electron chi connectivity index (χ3n) is 7.26. The maximum Gasteiger partial charge on any atom is 0.294 e. The highest BCUT2D eigenvalue weighted by molar-refractivity contribution is 6.30. The number of benzene rings is 4. The van der Waals surface area contributed by atoms with Gasteiger partial charge in [0.05, 0.1) is 12.2 Å². The minimum absolute atomic E-state index is 0.0323. The van der Waals surface area contributed by atoms with Crippen molar-refractivity contribution in [2.75, 3.05) is 36.0 Å². The number of amides is 2. The Morgan fingerprint density at radius 2 is 1.63 bits per heavy atom. The van der Waals surface area contributed by atoms with Crippen molar-refractivity contribution in [2.24, 2.45) is 0 Å². The Balaban J connectivity index is 1.16. The minimum atomic E-state index is -0.357. The number of para-hydroxylation sites is 2. The number of ether oxygens (including phenoxy) is 1. The molecule has 0 bridgehead atoms. The van der Waals surface area contributed by atoms with Crippen molar-refractivity contribution < 1.29 is 18.7 Å². The van der Waals surface area contributed by atoms with Gasteiger partial charge in [0.25, 0.3) is 11.8 Å². The van der Waals surface area contributed by atoms with E-state index in [9.17, 15) is 14.0 Å². The summed E-state index contributed by atoms with van der Waals surface area (Å²) < 4.78 is 19.8. The van der Waals surface area contributed by atoms with Crippen molar-refractivity contribution in [2.45, 2.75) is 6.54 Å². The molecule has 6 rings (SSSR count). The molecule has 2 heterocycles. The van der Waals surface area contributed by atoms with Crippen molar-refractivity contribution in [1.29, 1.82) is 0 Å². The monoisotopic (exact) mass is 567 g/mol. The lowest BCUT2D eigenvalue weighted by Gasteiger charge is -2.36. The van der Waals surface area contributed by atoms with E-state index in [0.29, 0.717) is 40.7 Å². The summed E-state index contributed by atoms with van der Waals surface area (Å²) in [5.74, 6) is -0.0273. The van der Waals surface area contributed by atoms with E-state index in [1.807, 2.05) is 41.3 Å². The predicted octanol–water partition coefficient (Wildman–Crippen LogP) is 6.41. The lowest BCUT2D eigenvalue weighted by atomic mass is 10.1. The molecule has 4 aromatic carbocycles. The van der Waals surface area contributed by atoms with Gasteiger partial charge in [-0.3, -0.25) is 14.5 Å². The van der Waals surface area contributed by atoms with Crippen LogP contribution in [0.25, 0.3) is 6.08 Å². The summed E-state index contributed by atoms with van der Waals surface area (Å²) >= 11 is 6.14. The third kappa shape index (κ3) is 5.81. The lowest BCUT2D eigenvalue weighted by Crippen LogP contribution is -2.48. The van der Waals surface area contributed by atoms with E-state index in [1.165, 1.54) is 12.1 Å². The first-order valence-corrected chi connectivity index (χ1v) is 13.8. The van der Waals surface area contributed by atoms with Crippen molar-refractivity contribution in [1.82, 2.24) is 4.90 Å². The number of hydrogen-bond acceptors (Lipinski definition) is 4. The standard InChI is InChI=1S/C33H27ClFN3O3/c34-26-6-4-8-28(21-26)36-15-17-37(18-16-36)32(39)25-13-11-23(12-14-25)20-31-33(40)38(22-24-5-3-7-27(35)19-24)29-9-1-2-10-30(29)41-31/h1-14,19-21H,15-18,22H2/b31-20-.